The molecule has 0 unspecified atom stereocenters. The van der Waals surface area contributed by atoms with E-state index in [2.05, 4.69) is 24.4 Å². The van der Waals surface area contributed by atoms with Gasteiger partial charge in [0.15, 0.2) is 0 Å². The Balaban J connectivity index is 2.49. The van der Waals surface area contributed by atoms with E-state index in [4.69, 9.17) is 4.74 Å². The molecule has 14 heavy (non-hydrogen) atoms. The molecule has 0 saturated carbocycles. The first-order valence-electron chi connectivity index (χ1n) is 5.23. The van der Waals surface area contributed by atoms with Crippen LogP contribution in [-0.4, -0.2) is 13.7 Å². The van der Waals surface area contributed by atoms with Crippen LogP contribution in [0.3, 0.4) is 0 Å². The first kappa shape index (κ1) is 9.38. The standard InChI is InChI=1S/C12H17NO/c1-9-6-7-11(14-2)10-5-3-4-8-13-12(9)10/h6-7,13H,3-5,8H2,1-2H3. The van der Waals surface area contributed by atoms with Crippen LogP contribution < -0.4 is 10.1 Å². The Hall–Kier alpha value is -1.18. The second-order valence-corrected chi connectivity index (χ2v) is 3.82. The molecule has 0 aliphatic carbocycles. The van der Waals surface area contributed by atoms with E-state index in [1.807, 2.05) is 0 Å². The lowest BCUT2D eigenvalue weighted by Crippen LogP contribution is -2.02. The van der Waals surface area contributed by atoms with Crippen LogP contribution in [-0.2, 0) is 6.42 Å². The third-order valence-corrected chi connectivity index (χ3v) is 2.85. The largest absolute Gasteiger partial charge is 0.496 e. The van der Waals surface area contributed by atoms with Crippen molar-refractivity contribution in [2.24, 2.45) is 0 Å². The molecule has 2 heteroatoms. The van der Waals surface area contributed by atoms with Crippen molar-refractivity contribution >= 4 is 5.69 Å². The van der Waals surface area contributed by atoms with Crippen molar-refractivity contribution in [3.63, 3.8) is 0 Å². The molecule has 1 aromatic rings. The van der Waals surface area contributed by atoms with E-state index >= 15 is 0 Å². The maximum absolute atomic E-state index is 5.38. The summed E-state index contributed by atoms with van der Waals surface area (Å²) < 4.78 is 5.38. The zero-order valence-corrected chi connectivity index (χ0v) is 8.89. The summed E-state index contributed by atoms with van der Waals surface area (Å²) >= 11 is 0. The van der Waals surface area contributed by atoms with Gasteiger partial charge in [-0.05, 0) is 37.8 Å². The van der Waals surface area contributed by atoms with Crippen LogP contribution in [0.2, 0.25) is 0 Å². The van der Waals surface area contributed by atoms with E-state index < -0.39 is 0 Å². The van der Waals surface area contributed by atoms with E-state index in [1.54, 1.807) is 7.11 Å². The molecule has 0 spiro atoms. The van der Waals surface area contributed by atoms with Crippen molar-refractivity contribution in [1.29, 1.82) is 0 Å². The van der Waals surface area contributed by atoms with Gasteiger partial charge in [0.1, 0.15) is 5.75 Å². The summed E-state index contributed by atoms with van der Waals surface area (Å²) in [5.74, 6) is 1.03. The van der Waals surface area contributed by atoms with Crippen molar-refractivity contribution in [3.05, 3.63) is 23.3 Å². The van der Waals surface area contributed by atoms with Gasteiger partial charge in [0.2, 0.25) is 0 Å². The lowest BCUT2D eigenvalue weighted by atomic mass is 10.0. The quantitative estimate of drug-likeness (QED) is 0.737. The van der Waals surface area contributed by atoms with Crippen LogP contribution in [0.1, 0.15) is 24.0 Å². The number of nitrogens with one attached hydrogen (secondary N) is 1. The third kappa shape index (κ3) is 1.57. The van der Waals surface area contributed by atoms with E-state index in [0.717, 1.165) is 18.7 Å². The Morgan fingerprint density at radius 3 is 2.93 bits per heavy atom. The summed E-state index contributed by atoms with van der Waals surface area (Å²) in [4.78, 5) is 0. The number of rotatable bonds is 1. The zero-order valence-electron chi connectivity index (χ0n) is 8.89. The summed E-state index contributed by atoms with van der Waals surface area (Å²) in [6, 6.07) is 4.19. The maximum Gasteiger partial charge on any atom is 0.124 e. The average molecular weight is 191 g/mol. The highest BCUT2D eigenvalue weighted by Crippen LogP contribution is 2.32. The van der Waals surface area contributed by atoms with E-state index in [-0.39, 0.29) is 0 Å². The first-order valence-corrected chi connectivity index (χ1v) is 5.23. The van der Waals surface area contributed by atoms with Crippen molar-refractivity contribution in [2.45, 2.75) is 26.2 Å². The molecule has 1 heterocycles. The zero-order chi connectivity index (χ0) is 9.97. The molecule has 0 amide bonds. The molecule has 2 nitrogen and oxygen atoms in total. The molecule has 2 rings (SSSR count). The molecule has 1 aliphatic heterocycles. The number of methoxy groups -OCH3 is 1. The lowest BCUT2D eigenvalue weighted by Gasteiger charge is -2.14. The van der Waals surface area contributed by atoms with Crippen LogP contribution in [0.25, 0.3) is 0 Å². The summed E-state index contributed by atoms with van der Waals surface area (Å²) in [6.07, 6.45) is 3.63. The molecule has 0 atom stereocenters. The average Bonchev–Trinajstić information content (AvgIpc) is 2.44. The summed E-state index contributed by atoms with van der Waals surface area (Å²) in [6.45, 7) is 3.23. The predicted octanol–water partition coefficient (Wildman–Crippen LogP) is 2.75. The minimum absolute atomic E-state index is 1.03. The third-order valence-electron chi connectivity index (χ3n) is 2.85. The highest BCUT2D eigenvalue weighted by Gasteiger charge is 2.13. The fraction of sp³-hybridized carbons (Fsp3) is 0.500. The lowest BCUT2D eigenvalue weighted by molar-refractivity contribution is 0.409. The molecule has 0 fully saturated rings. The van der Waals surface area contributed by atoms with Crippen molar-refractivity contribution in [1.82, 2.24) is 0 Å². The van der Waals surface area contributed by atoms with Gasteiger partial charge < -0.3 is 10.1 Å². The number of fused-ring (bicyclic) bond motifs is 1. The van der Waals surface area contributed by atoms with Crippen LogP contribution in [0.5, 0.6) is 5.75 Å². The first-order chi connectivity index (χ1) is 6.83. The van der Waals surface area contributed by atoms with Gasteiger partial charge in [-0.25, -0.2) is 0 Å². The number of hydrogen-bond donors (Lipinski definition) is 1. The normalized spacial score (nSPS) is 15.3. The van der Waals surface area contributed by atoms with Gasteiger partial charge in [-0.3, -0.25) is 0 Å². The van der Waals surface area contributed by atoms with Crippen LogP contribution in [0, 0.1) is 6.92 Å². The maximum atomic E-state index is 5.38. The molecule has 1 N–H and O–H groups in total. The summed E-state index contributed by atoms with van der Waals surface area (Å²) in [5.41, 5.74) is 3.97. The molecule has 0 radical (unpaired) electrons. The molecule has 1 aromatic carbocycles. The topological polar surface area (TPSA) is 21.3 Å². The second-order valence-electron chi connectivity index (χ2n) is 3.82. The van der Waals surface area contributed by atoms with Crippen molar-refractivity contribution in [2.75, 3.05) is 19.0 Å². The van der Waals surface area contributed by atoms with Crippen LogP contribution in [0.4, 0.5) is 5.69 Å². The summed E-state index contributed by atoms with van der Waals surface area (Å²) in [5, 5.41) is 3.49. The van der Waals surface area contributed by atoms with Gasteiger partial charge in [0, 0.05) is 17.8 Å². The molecular weight excluding hydrogens is 174 g/mol. The molecule has 0 aromatic heterocycles. The molecule has 1 aliphatic rings. The van der Waals surface area contributed by atoms with Gasteiger partial charge in [0.25, 0.3) is 0 Å². The molecular formula is C12H17NO. The van der Waals surface area contributed by atoms with Gasteiger partial charge in [0.05, 0.1) is 7.11 Å². The predicted molar refractivity (Wildman–Crippen MR) is 59.2 cm³/mol. The number of aryl methyl sites for hydroxylation is 1. The Morgan fingerprint density at radius 1 is 1.29 bits per heavy atom. The number of benzene rings is 1. The SMILES string of the molecule is COc1ccc(C)c2c1CCCCN2. The van der Waals surface area contributed by atoms with E-state index in [9.17, 15) is 0 Å². The Morgan fingerprint density at radius 2 is 2.14 bits per heavy atom. The molecule has 0 bridgehead atoms. The van der Waals surface area contributed by atoms with Crippen LogP contribution in [0.15, 0.2) is 12.1 Å². The Bertz CT molecular complexity index is 333. The van der Waals surface area contributed by atoms with Crippen molar-refractivity contribution < 1.29 is 4.74 Å². The fourth-order valence-corrected chi connectivity index (χ4v) is 2.07. The van der Waals surface area contributed by atoms with Gasteiger partial charge in [-0.2, -0.15) is 0 Å². The second kappa shape index (κ2) is 3.91. The Labute approximate surface area is 85.3 Å². The number of anilines is 1. The minimum atomic E-state index is 1.03. The van der Waals surface area contributed by atoms with E-state index in [0.29, 0.717) is 0 Å². The highest BCUT2D eigenvalue weighted by atomic mass is 16.5. The smallest absolute Gasteiger partial charge is 0.124 e. The number of hydrogen-bond acceptors (Lipinski definition) is 2. The fourth-order valence-electron chi connectivity index (χ4n) is 2.07. The number of ether oxygens (including phenoxy) is 1. The summed E-state index contributed by atoms with van der Waals surface area (Å²) in [7, 11) is 1.75. The van der Waals surface area contributed by atoms with Crippen molar-refractivity contribution in [3.8, 4) is 5.75 Å². The molecule has 76 valence electrons. The van der Waals surface area contributed by atoms with Gasteiger partial charge in [-0.1, -0.05) is 6.07 Å². The van der Waals surface area contributed by atoms with Gasteiger partial charge in [-0.15, -0.1) is 0 Å². The van der Waals surface area contributed by atoms with Gasteiger partial charge >= 0.3 is 0 Å². The monoisotopic (exact) mass is 191 g/mol. The highest BCUT2D eigenvalue weighted by molar-refractivity contribution is 5.63. The minimum Gasteiger partial charge on any atom is -0.496 e. The molecule has 0 saturated heterocycles. The van der Waals surface area contributed by atoms with Crippen LogP contribution >= 0.6 is 0 Å². The van der Waals surface area contributed by atoms with E-state index in [1.165, 1.54) is 29.7 Å². The Kier molecular flexibility index (Phi) is 2.62.